The molecule has 30 heavy (non-hydrogen) atoms. The minimum atomic E-state index is -4.82. The highest BCUT2D eigenvalue weighted by molar-refractivity contribution is 7.91. The molecule has 9 heteroatoms. The predicted octanol–water partition coefficient (Wildman–Crippen LogP) is 3.58. The Labute approximate surface area is 173 Å². The highest BCUT2D eigenvalue weighted by Crippen LogP contribution is 2.48. The van der Waals surface area contributed by atoms with E-state index in [-0.39, 0.29) is 23.7 Å². The van der Waals surface area contributed by atoms with Gasteiger partial charge < -0.3 is 0 Å². The van der Waals surface area contributed by atoms with Crippen LogP contribution in [0.1, 0.15) is 43.7 Å². The number of rotatable bonds is 10. The molecule has 2 saturated carbocycles. The number of hydrogen-bond acceptors (Lipinski definition) is 4. The second kappa shape index (κ2) is 8.31. The third kappa shape index (κ3) is 6.05. The molecule has 2 aliphatic rings. The van der Waals surface area contributed by atoms with Crippen molar-refractivity contribution in [3.63, 3.8) is 0 Å². The van der Waals surface area contributed by atoms with Crippen LogP contribution in [0.4, 0.5) is 17.6 Å². The number of terminal acetylenes is 1. The molecule has 0 saturated heterocycles. The van der Waals surface area contributed by atoms with Gasteiger partial charge >= 0.3 is 6.18 Å². The molecule has 2 fully saturated rings. The third-order valence-electron chi connectivity index (χ3n) is 5.57. The summed E-state index contributed by atoms with van der Waals surface area (Å²) in [5.41, 5.74) is -1.000. The normalized spacial score (nSPS) is 20.2. The number of benzene rings is 1. The van der Waals surface area contributed by atoms with E-state index in [1.54, 1.807) is 0 Å². The average Bonchev–Trinajstić information content (AvgIpc) is 3.56. The zero-order valence-corrected chi connectivity index (χ0v) is 17.0. The largest absolute Gasteiger partial charge is 0.407 e. The van der Waals surface area contributed by atoms with Gasteiger partial charge in [-0.05, 0) is 49.3 Å². The lowest BCUT2D eigenvalue weighted by Crippen LogP contribution is -2.49. The smallest absolute Gasteiger partial charge is 0.298 e. The summed E-state index contributed by atoms with van der Waals surface area (Å²) >= 11 is 0. The molecule has 0 heterocycles. The Morgan fingerprint density at radius 3 is 2.30 bits per heavy atom. The van der Waals surface area contributed by atoms with Crippen LogP contribution < -0.4 is 5.32 Å². The van der Waals surface area contributed by atoms with Crippen LogP contribution in [0.15, 0.2) is 24.3 Å². The molecule has 0 unspecified atom stereocenters. The van der Waals surface area contributed by atoms with Crippen LogP contribution in [0.3, 0.4) is 0 Å². The van der Waals surface area contributed by atoms with Gasteiger partial charge in [0.25, 0.3) is 0 Å². The maximum atomic E-state index is 13.8. The lowest BCUT2D eigenvalue weighted by Gasteiger charge is -2.28. The minimum absolute atomic E-state index is 0.00162. The van der Waals surface area contributed by atoms with E-state index in [9.17, 15) is 30.8 Å². The number of carbonyl (C=O) groups excluding carboxylic acids is 1. The second-order valence-corrected chi connectivity index (χ2v) is 10.5. The van der Waals surface area contributed by atoms with Crippen LogP contribution in [0.5, 0.6) is 0 Å². The Hall–Kier alpha value is -1.92. The fourth-order valence-corrected chi connectivity index (χ4v) is 5.39. The molecule has 164 valence electrons. The number of sulfone groups is 1. The first-order valence-corrected chi connectivity index (χ1v) is 11.5. The molecular weight excluding hydrogens is 422 g/mol. The summed E-state index contributed by atoms with van der Waals surface area (Å²) in [4.78, 5) is 12.8. The van der Waals surface area contributed by atoms with Crippen molar-refractivity contribution in [2.24, 2.45) is 11.3 Å². The first-order valence-electron chi connectivity index (χ1n) is 9.72. The molecule has 4 nitrogen and oxygen atoms in total. The van der Waals surface area contributed by atoms with Crippen molar-refractivity contribution >= 4 is 15.6 Å². The zero-order valence-electron chi connectivity index (χ0n) is 16.2. The van der Waals surface area contributed by atoms with Gasteiger partial charge in [0.1, 0.15) is 11.9 Å². The lowest BCUT2D eigenvalue weighted by atomic mass is 9.96. The average molecular weight is 445 g/mol. The summed E-state index contributed by atoms with van der Waals surface area (Å²) in [6.07, 6.45) is 3.12. The van der Waals surface area contributed by atoms with Crippen LogP contribution in [0, 0.1) is 29.5 Å². The lowest BCUT2D eigenvalue weighted by molar-refractivity contribution is -0.160. The van der Waals surface area contributed by atoms with E-state index in [2.05, 4.69) is 11.2 Å². The predicted molar refractivity (Wildman–Crippen MR) is 104 cm³/mol. The molecule has 0 aromatic heterocycles. The van der Waals surface area contributed by atoms with Crippen molar-refractivity contribution in [1.29, 1.82) is 0 Å². The van der Waals surface area contributed by atoms with Crippen molar-refractivity contribution < 1.29 is 30.8 Å². The molecule has 2 atom stereocenters. The number of Topliss-reactive ketones (excluding diaryl/α,β-unsaturated/α-hetero) is 1. The van der Waals surface area contributed by atoms with Crippen molar-refractivity contribution in [3.05, 3.63) is 35.6 Å². The highest BCUT2D eigenvalue weighted by atomic mass is 32.2. The van der Waals surface area contributed by atoms with Crippen LogP contribution >= 0.6 is 0 Å². The van der Waals surface area contributed by atoms with Gasteiger partial charge in [0.2, 0.25) is 0 Å². The molecule has 0 spiro atoms. The Bertz CT molecular complexity index is 926. The number of halogens is 4. The van der Waals surface area contributed by atoms with Crippen molar-refractivity contribution in [1.82, 2.24) is 5.32 Å². The maximum Gasteiger partial charge on any atom is 0.407 e. The molecule has 2 aliphatic carbocycles. The summed E-state index contributed by atoms with van der Waals surface area (Å²) in [5.74, 6) is 0.276. The van der Waals surface area contributed by atoms with Gasteiger partial charge in [-0.2, -0.15) is 13.2 Å². The molecule has 0 bridgehead atoms. The SMILES string of the molecule is C#CC1(CC(=O)[C@H](CS(=O)(=O)CC2CC2)N[C@@H](c2ccc(F)cc2)C(F)(F)F)CC1. The molecule has 3 rings (SSSR count). The fourth-order valence-electron chi connectivity index (χ4n) is 3.42. The van der Waals surface area contributed by atoms with E-state index in [0.29, 0.717) is 12.8 Å². The topological polar surface area (TPSA) is 63.2 Å². The summed E-state index contributed by atoms with van der Waals surface area (Å²) < 4.78 is 79.4. The summed E-state index contributed by atoms with van der Waals surface area (Å²) in [7, 11) is -3.75. The minimum Gasteiger partial charge on any atom is -0.298 e. The highest BCUT2D eigenvalue weighted by Gasteiger charge is 2.47. The second-order valence-electron chi connectivity index (χ2n) is 8.33. The van der Waals surface area contributed by atoms with E-state index in [1.165, 1.54) is 0 Å². The van der Waals surface area contributed by atoms with Gasteiger partial charge in [-0.1, -0.05) is 18.1 Å². The number of carbonyl (C=O) groups is 1. The third-order valence-corrected chi connectivity index (χ3v) is 7.39. The molecule has 0 amide bonds. The molecule has 1 N–H and O–H groups in total. The maximum absolute atomic E-state index is 13.8. The molecule has 0 radical (unpaired) electrons. The van der Waals surface area contributed by atoms with Gasteiger partial charge in [0.05, 0.1) is 17.5 Å². The summed E-state index contributed by atoms with van der Waals surface area (Å²) in [5, 5.41) is 2.21. The Balaban J connectivity index is 1.85. The monoisotopic (exact) mass is 445 g/mol. The van der Waals surface area contributed by atoms with Crippen LogP contribution in [0.25, 0.3) is 0 Å². The van der Waals surface area contributed by atoms with E-state index < -0.39 is 50.9 Å². The van der Waals surface area contributed by atoms with Crippen LogP contribution in [-0.4, -0.2) is 37.9 Å². The van der Waals surface area contributed by atoms with Crippen molar-refractivity contribution in [2.45, 2.75) is 50.4 Å². The molecular formula is C21H23F4NO3S. The number of ketones is 1. The first kappa shape index (κ1) is 22.8. The van der Waals surface area contributed by atoms with Gasteiger partial charge in [0.15, 0.2) is 15.6 Å². The number of hydrogen-bond donors (Lipinski definition) is 1. The van der Waals surface area contributed by atoms with E-state index in [0.717, 1.165) is 37.1 Å². The summed E-state index contributed by atoms with van der Waals surface area (Å²) in [6.45, 7) is 0. The van der Waals surface area contributed by atoms with E-state index in [1.807, 2.05) is 0 Å². The Kier molecular flexibility index (Phi) is 6.30. The Morgan fingerprint density at radius 1 is 1.23 bits per heavy atom. The van der Waals surface area contributed by atoms with Crippen molar-refractivity contribution in [2.75, 3.05) is 11.5 Å². The molecule has 1 aromatic carbocycles. The quantitative estimate of drug-likeness (QED) is 0.442. The number of nitrogens with one attached hydrogen (secondary N) is 1. The van der Waals surface area contributed by atoms with Gasteiger partial charge in [-0.15, -0.1) is 6.42 Å². The fraction of sp³-hybridized carbons (Fsp3) is 0.571. The van der Waals surface area contributed by atoms with Crippen LogP contribution in [0.2, 0.25) is 0 Å². The zero-order chi connectivity index (χ0) is 22.2. The van der Waals surface area contributed by atoms with Gasteiger partial charge in [-0.25, -0.2) is 12.8 Å². The molecule has 0 aliphatic heterocycles. The number of alkyl halides is 3. The van der Waals surface area contributed by atoms with E-state index >= 15 is 0 Å². The standard InChI is InChI=1S/C21H23F4NO3S/c1-2-20(9-10-20)11-18(27)17(13-30(28,29)12-14-3-4-14)26-19(21(23,24)25)15-5-7-16(22)8-6-15/h1,5-8,14,17,19,26H,3-4,9-13H2/t17-,19-/m0/s1. The van der Waals surface area contributed by atoms with Crippen LogP contribution in [-0.2, 0) is 14.6 Å². The molecule has 1 aromatic rings. The first-order chi connectivity index (χ1) is 13.9. The van der Waals surface area contributed by atoms with Gasteiger partial charge in [-0.3, -0.25) is 10.1 Å². The van der Waals surface area contributed by atoms with E-state index in [4.69, 9.17) is 6.42 Å². The summed E-state index contributed by atoms with van der Waals surface area (Å²) in [6, 6.07) is -0.183. The van der Waals surface area contributed by atoms with Crippen molar-refractivity contribution in [3.8, 4) is 12.3 Å². The van der Waals surface area contributed by atoms with Gasteiger partial charge in [0, 0.05) is 11.8 Å². The Morgan fingerprint density at radius 2 is 1.83 bits per heavy atom.